The van der Waals surface area contributed by atoms with E-state index in [1.165, 1.54) is 4.31 Å². The highest BCUT2D eigenvalue weighted by molar-refractivity contribution is 7.78. The molecule has 0 aliphatic rings. The first-order chi connectivity index (χ1) is 13.7. The number of ether oxygens (including phenoxy) is 1. The van der Waals surface area contributed by atoms with Crippen molar-refractivity contribution < 1.29 is 9.53 Å². The summed E-state index contributed by atoms with van der Waals surface area (Å²) in [7, 11) is 0. The standard InChI is InChI=1S/C22H30ClN3O2S/c1-6-7-12-26(29)22(27)25-21-18(14(2)3)13-19(24-20(21)15(4)5)28-17-10-8-16(23)9-11-17/h8-11,13-15,29H,6-7,12H2,1-5H3,(H,25,27). The largest absolute Gasteiger partial charge is 0.439 e. The minimum atomic E-state index is -0.251. The number of carbonyl (C=O) groups excluding carboxylic acids is 1. The van der Waals surface area contributed by atoms with Crippen molar-refractivity contribution in [1.82, 2.24) is 9.29 Å². The molecule has 2 rings (SSSR count). The van der Waals surface area contributed by atoms with Crippen molar-refractivity contribution >= 4 is 36.1 Å². The summed E-state index contributed by atoms with van der Waals surface area (Å²) in [4.78, 5) is 17.3. The van der Waals surface area contributed by atoms with Gasteiger partial charge in [0.1, 0.15) is 5.75 Å². The molecular weight excluding hydrogens is 406 g/mol. The van der Waals surface area contributed by atoms with Crippen LogP contribution >= 0.6 is 24.4 Å². The van der Waals surface area contributed by atoms with Gasteiger partial charge in [-0.05, 0) is 48.1 Å². The Balaban J connectivity index is 2.39. The van der Waals surface area contributed by atoms with Gasteiger partial charge >= 0.3 is 6.03 Å². The zero-order valence-corrected chi connectivity index (χ0v) is 19.3. The third-order valence-corrected chi connectivity index (χ3v) is 5.08. The molecule has 0 atom stereocenters. The number of aromatic nitrogens is 1. The number of unbranched alkanes of at least 4 members (excludes halogenated alkanes) is 1. The minimum Gasteiger partial charge on any atom is -0.439 e. The lowest BCUT2D eigenvalue weighted by atomic mass is 9.97. The van der Waals surface area contributed by atoms with Crippen molar-refractivity contribution in [1.29, 1.82) is 0 Å². The topological polar surface area (TPSA) is 54.5 Å². The number of rotatable bonds is 8. The Morgan fingerprint density at radius 2 is 1.86 bits per heavy atom. The van der Waals surface area contributed by atoms with E-state index in [4.69, 9.17) is 21.3 Å². The van der Waals surface area contributed by atoms with Gasteiger partial charge in [-0.15, -0.1) is 0 Å². The Morgan fingerprint density at radius 3 is 2.41 bits per heavy atom. The molecule has 0 bridgehead atoms. The predicted molar refractivity (Wildman–Crippen MR) is 124 cm³/mol. The van der Waals surface area contributed by atoms with Crippen LogP contribution in [0, 0.1) is 0 Å². The van der Waals surface area contributed by atoms with Crippen LogP contribution in [0.5, 0.6) is 11.6 Å². The molecule has 2 aromatic rings. The summed E-state index contributed by atoms with van der Waals surface area (Å²) < 4.78 is 7.38. The molecule has 0 saturated heterocycles. The maximum absolute atomic E-state index is 12.6. The molecule has 0 saturated carbocycles. The van der Waals surface area contributed by atoms with Gasteiger partial charge in [0.25, 0.3) is 0 Å². The number of nitrogens with one attached hydrogen (secondary N) is 1. The van der Waals surface area contributed by atoms with Crippen molar-refractivity contribution in [3.05, 3.63) is 46.6 Å². The van der Waals surface area contributed by atoms with E-state index in [1.807, 2.05) is 19.9 Å². The number of benzene rings is 1. The Kier molecular flexibility index (Phi) is 8.65. The van der Waals surface area contributed by atoms with Crippen molar-refractivity contribution in [2.75, 3.05) is 11.9 Å². The van der Waals surface area contributed by atoms with E-state index in [-0.39, 0.29) is 17.9 Å². The molecule has 1 N–H and O–H groups in total. The number of carbonyl (C=O) groups is 1. The Bertz CT molecular complexity index is 796. The summed E-state index contributed by atoms with van der Waals surface area (Å²) in [5, 5.41) is 3.67. The number of hydrogen-bond donors (Lipinski definition) is 2. The highest BCUT2D eigenvalue weighted by atomic mass is 35.5. The molecule has 1 aromatic heterocycles. The molecule has 1 aromatic carbocycles. The van der Waals surface area contributed by atoms with Gasteiger partial charge in [0.2, 0.25) is 5.88 Å². The van der Waals surface area contributed by atoms with Crippen molar-refractivity contribution in [2.45, 2.75) is 59.3 Å². The number of nitrogens with zero attached hydrogens (tertiary/aromatic N) is 2. The van der Waals surface area contributed by atoms with Gasteiger partial charge in [-0.3, -0.25) is 4.31 Å². The maximum Gasteiger partial charge on any atom is 0.331 e. The van der Waals surface area contributed by atoms with E-state index in [0.717, 1.165) is 29.8 Å². The van der Waals surface area contributed by atoms with E-state index in [2.05, 4.69) is 38.9 Å². The molecule has 0 aliphatic carbocycles. The zero-order chi connectivity index (χ0) is 21.6. The Morgan fingerprint density at radius 1 is 1.21 bits per heavy atom. The van der Waals surface area contributed by atoms with Crippen molar-refractivity contribution in [3.8, 4) is 11.6 Å². The SMILES string of the molecule is CCCCN(S)C(=O)Nc1c(C(C)C)cc(Oc2ccc(Cl)cc2)nc1C(C)C. The third kappa shape index (κ3) is 6.54. The summed E-state index contributed by atoms with van der Waals surface area (Å²) in [6.45, 7) is 10.9. The lowest BCUT2D eigenvalue weighted by Gasteiger charge is -2.23. The van der Waals surface area contributed by atoms with Gasteiger partial charge in [-0.1, -0.05) is 65.5 Å². The Labute approximate surface area is 184 Å². The van der Waals surface area contributed by atoms with Gasteiger partial charge in [0.15, 0.2) is 0 Å². The van der Waals surface area contributed by atoms with Crippen LogP contribution in [-0.4, -0.2) is 21.9 Å². The average Bonchev–Trinajstić information content (AvgIpc) is 2.68. The fourth-order valence-electron chi connectivity index (χ4n) is 2.83. The van der Waals surface area contributed by atoms with Crippen LogP contribution in [0.4, 0.5) is 10.5 Å². The molecule has 2 amide bonds. The predicted octanol–water partition coefficient (Wildman–Crippen LogP) is 7.25. The molecule has 0 spiro atoms. The van der Waals surface area contributed by atoms with Crippen LogP contribution in [-0.2, 0) is 0 Å². The molecule has 0 fully saturated rings. The summed E-state index contributed by atoms with van der Waals surface area (Å²) in [6.07, 6.45) is 1.90. The number of pyridine rings is 1. The lowest BCUT2D eigenvalue weighted by molar-refractivity contribution is 0.238. The molecule has 0 radical (unpaired) electrons. The van der Waals surface area contributed by atoms with Gasteiger partial charge in [0.05, 0.1) is 11.4 Å². The smallest absolute Gasteiger partial charge is 0.331 e. The van der Waals surface area contributed by atoms with Crippen LogP contribution in [0.3, 0.4) is 0 Å². The fourth-order valence-corrected chi connectivity index (χ4v) is 3.14. The lowest BCUT2D eigenvalue weighted by Crippen LogP contribution is -2.29. The van der Waals surface area contributed by atoms with Crippen LogP contribution in [0.1, 0.15) is 70.6 Å². The molecule has 5 nitrogen and oxygen atoms in total. The van der Waals surface area contributed by atoms with Gasteiger partial charge < -0.3 is 10.1 Å². The summed E-state index contributed by atoms with van der Waals surface area (Å²) in [6, 6.07) is 8.78. The molecule has 29 heavy (non-hydrogen) atoms. The number of hydrogen-bond acceptors (Lipinski definition) is 4. The molecule has 0 unspecified atom stereocenters. The molecule has 1 heterocycles. The van der Waals surface area contributed by atoms with E-state index >= 15 is 0 Å². The minimum absolute atomic E-state index is 0.0978. The van der Waals surface area contributed by atoms with Crippen LogP contribution in [0.15, 0.2) is 30.3 Å². The highest BCUT2D eigenvalue weighted by Gasteiger charge is 2.21. The second-order valence-electron chi connectivity index (χ2n) is 7.58. The normalized spacial score (nSPS) is 11.1. The first kappa shape index (κ1) is 23.4. The molecule has 0 aliphatic heterocycles. The summed E-state index contributed by atoms with van der Waals surface area (Å²) >= 11 is 10.3. The number of anilines is 1. The van der Waals surface area contributed by atoms with Crippen LogP contribution in [0.25, 0.3) is 0 Å². The van der Waals surface area contributed by atoms with Crippen molar-refractivity contribution in [2.24, 2.45) is 0 Å². The summed E-state index contributed by atoms with van der Waals surface area (Å²) in [5.41, 5.74) is 2.49. The highest BCUT2D eigenvalue weighted by Crippen LogP contribution is 2.35. The monoisotopic (exact) mass is 435 g/mol. The van der Waals surface area contributed by atoms with Gasteiger partial charge in [-0.25, -0.2) is 9.78 Å². The second kappa shape index (κ2) is 10.7. The third-order valence-electron chi connectivity index (χ3n) is 4.45. The number of halogens is 1. The maximum atomic E-state index is 12.6. The van der Waals surface area contributed by atoms with Gasteiger partial charge in [0, 0.05) is 17.6 Å². The van der Waals surface area contributed by atoms with Crippen molar-refractivity contribution in [3.63, 3.8) is 0 Å². The first-order valence-electron chi connectivity index (χ1n) is 9.98. The second-order valence-corrected chi connectivity index (χ2v) is 8.50. The number of thiol groups is 1. The van der Waals surface area contributed by atoms with Crippen LogP contribution < -0.4 is 10.1 Å². The number of urea groups is 1. The molecule has 158 valence electrons. The Hall–Kier alpha value is -1.92. The van der Waals surface area contributed by atoms with E-state index < -0.39 is 0 Å². The number of amides is 2. The zero-order valence-electron chi connectivity index (χ0n) is 17.7. The van der Waals surface area contributed by atoms with Gasteiger partial charge in [-0.2, -0.15) is 0 Å². The summed E-state index contributed by atoms with van der Waals surface area (Å²) in [5.74, 6) is 1.42. The average molecular weight is 436 g/mol. The first-order valence-corrected chi connectivity index (χ1v) is 10.8. The molecular formula is C22H30ClN3O2S. The molecule has 7 heteroatoms. The van der Waals surface area contributed by atoms with Crippen LogP contribution in [0.2, 0.25) is 5.02 Å². The quantitative estimate of drug-likeness (QED) is 0.429. The van der Waals surface area contributed by atoms with E-state index in [9.17, 15) is 4.79 Å². The van der Waals surface area contributed by atoms with E-state index in [0.29, 0.717) is 23.2 Å². The fraction of sp³-hybridized carbons (Fsp3) is 0.455. The van der Waals surface area contributed by atoms with E-state index in [1.54, 1.807) is 24.3 Å².